The SMILES string of the molecule is C=C(C)C(=O)C1CNCCO1.C=C(C)C(=O)NCCC.CNC. The van der Waals surface area contributed by atoms with Gasteiger partial charge in [0.1, 0.15) is 6.10 Å². The summed E-state index contributed by atoms with van der Waals surface area (Å²) in [5, 5.41) is 8.53. The normalized spacial score (nSPS) is 16.0. The van der Waals surface area contributed by atoms with Crippen LogP contribution < -0.4 is 16.0 Å². The molecule has 0 aromatic heterocycles. The van der Waals surface area contributed by atoms with Crippen LogP contribution in [0.3, 0.4) is 0 Å². The molecule has 3 N–H and O–H groups in total. The van der Waals surface area contributed by atoms with E-state index in [0.717, 1.165) is 19.5 Å². The minimum Gasteiger partial charge on any atom is -0.367 e. The lowest BCUT2D eigenvalue weighted by Crippen LogP contribution is -2.43. The molecule has 1 heterocycles. The Balaban J connectivity index is 0. The second-order valence-electron chi connectivity index (χ2n) is 5.24. The van der Waals surface area contributed by atoms with Crippen molar-refractivity contribution in [1.29, 1.82) is 0 Å². The summed E-state index contributed by atoms with van der Waals surface area (Å²) >= 11 is 0. The number of carbonyl (C=O) groups is 2. The Hall–Kier alpha value is -1.50. The predicted molar refractivity (Wildman–Crippen MR) is 95.5 cm³/mol. The summed E-state index contributed by atoms with van der Waals surface area (Å²) in [6.07, 6.45) is 0.667. The van der Waals surface area contributed by atoms with Gasteiger partial charge in [-0.1, -0.05) is 20.1 Å². The third-order valence-electron chi connectivity index (χ3n) is 2.56. The predicted octanol–water partition coefficient (Wildman–Crippen LogP) is 1.04. The quantitative estimate of drug-likeness (QED) is 0.658. The molecule has 1 saturated heterocycles. The van der Waals surface area contributed by atoms with Gasteiger partial charge in [-0.15, -0.1) is 0 Å². The van der Waals surface area contributed by atoms with Gasteiger partial charge in [-0.2, -0.15) is 0 Å². The maximum atomic E-state index is 11.2. The molecule has 0 radical (unpaired) electrons. The molecule has 0 aromatic carbocycles. The number of morpholine rings is 1. The highest BCUT2D eigenvalue weighted by Crippen LogP contribution is 2.03. The molecule has 0 saturated carbocycles. The molecule has 134 valence electrons. The first-order valence-corrected chi connectivity index (χ1v) is 7.85. The van der Waals surface area contributed by atoms with Crippen molar-refractivity contribution in [3.63, 3.8) is 0 Å². The molecule has 1 unspecified atom stereocenters. The Labute approximate surface area is 140 Å². The topological polar surface area (TPSA) is 79.5 Å². The van der Waals surface area contributed by atoms with Gasteiger partial charge in [0.15, 0.2) is 5.78 Å². The van der Waals surface area contributed by atoms with Crippen LogP contribution in [-0.2, 0) is 14.3 Å². The number of ether oxygens (including phenoxy) is 1. The van der Waals surface area contributed by atoms with Crippen LogP contribution in [0.4, 0.5) is 0 Å². The van der Waals surface area contributed by atoms with Gasteiger partial charge in [-0.05, 0) is 39.9 Å². The summed E-state index contributed by atoms with van der Waals surface area (Å²) in [5.74, 6) is -0.0333. The third kappa shape index (κ3) is 13.9. The average Bonchev–Trinajstić information content (AvgIpc) is 2.53. The second kappa shape index (κ2) is 15.4. The lowest BCUT2D eigenvalue weighted by Gasteiger charge is -2.22. The lowest BCUT2D eigenvalue weighted by atomic mass is 10.1. The van der Waals surface area contributed by atoms with Crippen LogP contribution in [0.5, 0.6) is 0 Å². The van der Waals surface area contributed by atoms with Crippen LogP contribution in [0.1, 0.15) is 27.2 Å². The second-order valence-corrected chi connectivity index (χ2v) is 5.24. The molecule has 1 aliphatic rings. The van der Waals surface area contributed by atoms with Crippen LogP contribution in [-0.4, -0.2) is 58.1 Å². The smallest absolute Gasteiger partial charge is 0.246 e. The van der Waals surface area contributed by atoms with Crippen molar-refractivity contribution < 1.29 is 14.3 Å². The fourth-order valence-electron chi connectivity index (χ4n) is 1.40. The van der Waals surface area contributed by atoms with Gasteiger partial charge < -0.3 is 20.7 Å². The molecular formula is C17H33N3O3. The molecule has 1 fully saturated rings. The molecule has 0 aromatic rings. The molecule has 1 atom stereocenters. The van der Waals surface area contributed by atoms with Crippen molar-refractivity contribution in [1.82, 2.24) is 16.0 Å². The van der Waals surface area contributed by atoms with Crippen LogP contribution in [0, 0.1) is 0 Å². The van der Waals surface area contributed by atoms with Crippen molar-refractivity contribution >= 4 is 11.7 Å². The maximum Gasteiger partial charge on any atom is 0.246 e. The minimum absolute atomic E-state index is 0.0113. The zero-order valence-electron chi connectivity index (χ0n) is 15.3. The summed E-state index contributed by atoms with van der Waals surface area (Å²) in [6.45, 7) is 15.3. The zero-order chi connectivity index (χ0) is 18.3. The number of ketones is 1. The lowest BCUT2D eigenvalue weighted by molar-refractivity contribution is -0.128. The molecule has 1 aliphatic heterocycles. The zero-order valence-corrected chi connectivity index (χ0v) is 15.3. The van der Waals surface area contributed by atoms with E-state index in [0.29, 0.717) is 24.3 Å². The molecule has 0 bridgehead atoms. The van der Waals surface area contributed by atoms with E-state index in [-0.39, 0.29) is 17.8 Å². The molecule has 0 spiro atoms. The summed E-state index contributed by atoms with van der Waals surface area (Å²) in [4.78, 5) is 21.9. The van der Waals surface area contributed by atoms with Gasteiger partial charge in [0.05, 0.1) is 6.61 Å². The van der Waals surface area contributed by atoms with E-state index < -0.39 is 0 Å². The first-order chi connectivity index (χ1) is 10.8. The Kier molecular flexibility index (Phi) is 15.9. The van der Waals surface area contributed by atoms with Crippen LogP contribution in [0.25, 0.3) is 0 Å². The number of hydrogen-bond donors (Lipinski definition) is 3. The molecule has 1 amide bonds. The summed E-state index contributed by atoms with van der Waals surface area (Å²) in [6, 6.07) is 0. The fourth-order valence-corrected chi connectivity index (χ4v) is 1.40. The highest BCUT2D eigenvalue weighted by atomic mass is 16.5. The number of amides is 1. The van der Waals surface area contributed by atoms with E-state index in [1.165, 1.54) is 0 Å². The van der Waals surface area contributed by atoms with Crippen molar-refractivity contribution in [2.45, 2.75) is 33.3 Å². The minimum atomic E-state index is -0.304. The molecule has 6 heteroatoms. The third-order valence-corrected chi connectivity index (χ3v) is 2.56. The van der Waals surface area contributed by atoms with E-state index in [1.807, 2.05) is 21.0 Å². The largest absolute Gasteiger partial charge is 0.367 e. The number of Topliss-reactive ketones (excluding diaryl/α,β-unsaturated/α-hetero) is 1. The monoisotopic (exact) mass is 327 g/mol. The molecule has 1 rings (SSSR count). The van der Waals surface area contributed by atoms with Crippen LogP contribution in [0.2, 0.25) is 0 Å². The molecule has 0 aliphatic carbocycles. The number of rotatable bonds is 5. The maximum absolute atomic E-state index is 11.2. The molecule has 6 nitrogen and oxygen atoms in total. The summed E-state index contributed by atoms with van der Waals surface area (Å²) in [7, 11) is 3.75. The van der Waals surface area contributed by atoms with Crippen LogP contribution >= 0.6 is 0 Å². The first kappa shape index (κ1) is 23.8. The average molecular weight is 327 g/mol. The van der Waals surface area contributed by atoms with E-state index >= 15 is 0 Å². The molecular weight excluding hydrogens is 294 g/mol. The number of nitrogens with one attached hydrogen (secondary N) is 3. The number of carbonyl (C=O) groups excluding carboxylic acids is 2. The van der Waals surface area contributed by atoms with Gasteiger partial charge in [-0.25, -0.2) is 0 Å². The van der Waals surface area contributed by atoms with Crippen molar-refractivity contribution in [3.8, 4) is 0 Å². The Morgan fingerprint density at radius 3 is 2.13 bits per heavy atom. The molecule has 23 heavy (non-hydrogen) atoms. The number of hydrogen-bond acceptors (Lipinski definition) is 5. The van der Waals surface area contributed by atoms with Gasteiger partial charge in [0.2, 0.25) is 5.91 Å². The Bertz CT molecular complexity index is 375. The van der Waals surface area contributed by atoms with E-state index in [9.17, 15) is 9.59 Å². The van der Waals surface area contributed by atoms with Gasteiger partial charge in [-0.3, -0.25) is 9.59 Å². The van der Waals surface area contributed by atoms with Crippen molar-refractivity contribution in [2.75, 3.05) is 40.3 Å². The Morgan fingerprint density at radius 2 is 1.78 bits per heavy atom. The standard InChI is InChI=1S/C8H13NO2.C7H13NO.C2H7N/c1-6(2)8(10)7-5-9-3-4-11-7;1-4-5-8-7(9)6(2)3;1-3-2/h7,9H,1,3-5H2,2H3;2,4-5H2,1,3H3,(H,8,9);3H,1-2H3. The van der Waals surface area contributed by atoms with E-state index in [2.05, 4.69) is 29.1 Å². The van der Waals surface area contributed by atoms with Crippen molar-refractivity contribution in [3.05, 3.63) is 24.3 Å². The highest BCUT2D eigenvalue weighted by molar-refractivity contribution is 5.97. The first-order valence-electron chi connectivity index (χ1n) is 7.85. The van der Waals surface area contributed by atoms with E-state index in [1.54, 1.807) is 13.8 Å². The van der Waals surface area contributed by atoms with Crippen molar-refractivity contribution in [2.24, 2.45) is 0 Å². The van der Waals surface area contributed by atoms with E-state index in [4.69, 9.17) is 4.74 Å². The van der Waals surface area contributed by atoms with Gasteiger partial charge >= 0.3 is 0 Å². The Morgan fingerprint density at radius 1 is 1.22 bits per heavy atom. The van der Waals surface area contributed by atoms with Gasteiger partial charge in [0, 0.05) is 25.2 Å². The van der Waals surface area contributed by atoms with Gasteiger partial charge in [0.25, 0.3) is 0 Å². The summed E-state index contributed by atoms with van der Waals surface area (Å²) < 4.78 is 5.23. The summed E-state index contributed by atoms with van der Waals surface area (Å²) in [5.41, 5.74) is 1.14. The van der Waals surface area contributed by atoms with Crippen LogP contribution in [0.15, 0.2) is 24.3 Å². The highest BCUT2D eigenvalue weighted by Gasteiger charge is 2.21. The fraction of sp³-hybridized carbons (Fsp3) is 0.647.